The highest BCUT2D eigenvalue weighted by atomic mass is 19.3. The largest absolute Gasteiger partial charge is 0.493 e. The summed E-state index contributed by atoms with van der Waals surface area (Å²) in [5.74, 6) is -4.54. The van der Waals surface area contributed by atoms with Gasteiger partial charge in [-0.05, 0) is 24.6 Å². The molecule has 6 heteroatoms. The summed E-state index contributed by atoms with van der Waals surface area (Å²) >= 11 is 0. The Morgan fingerprint density at radius 2 is 1.78 bits per heavy atom. The molecular weight excluding hydrogens is 246 g/mol. The van der Waals surface area contributed by atoms with Gasteiger partial charge in [0.1, 0.15) is 6.42 Å². The van der Waals surface area contributed by atoms with E-state index in [2.05, 4.69) is 0 Å². The summed E-state index contributed by atoms with van der Waals surface area (Å²) in [6.07, 6.45) is -1.26. The predicted octanol–water partition coefficient (Wildman–Crippen LogP) is 2.58. The standard InChI is InChI=1S/C12H14F2O4/c1-7-4-9(17-2)10(18-3)5-8(7)12(13,14)6-11(15)16/h4-5H,6H2,1-3H3,(H,15,16). The zero-order valence-corrected chi connectivity index (χ0v) is 10.3. The van der Waals surface area contributed by atoms with Crippen LogP contribution in [0, 0.1) is 6.92 Å². The van der Waals surface area contributed by atoms with Gasteiger partial charge in [-0.25, -0.2) is 8.78 Å². The first-order valence-corrected chi connectivity index (χ1v) is 5.14. The van der Waals surface area contributed by atoms with Crippen LogP contribution in [-0.2, 0) is 10.7 Å². The molecule has 0 radical (unpaired) electrons. The molecule has 0 aliphatic carbocycles. The number of benzene rings is 1. The van der Waals surface area contributed by atoms with Crippen LogP contribution in [0.15, 0.2) is 12.1 Å². The van der Waals surface area contributed by atoms with Gasteiger partial charge >= 0.3 is 5.97 Å². The molecule has 4 nitrogen and oxygen atoms in total. The van der Waals surface area contributed by atoms with Gasteiger partial charge in [0, 0.05) is 5.56 Å². The number of rotatable bonds is 5. The van der Waals surface area contributed by atoms with Gasteiger partial charge in [-0.3, -0.25) is 4.79 Å². The van der Waals surface area contributed by atoms with E-state index >= 15 is 0 Å². The monoisotopic (exact) mass is 260 g/mol. The molecule has 18 heavy (non-hydrogen) atoms. The Balaban J connectivity index is 3.28. The minimum absolute atomic E-state index is 0.142. The summed E-state index contributed by atoms with van der Waals surface area (Å²) in [5, 5.41) is 8.49. The number of alkyl halides is 2. The summed E-state index contributed by atoms with van der Waals surface area (Å²) in [6.45, 7) is 1.47. The summed E-state index contributed by atoms with van der Waals surface area (Å²) in [4.78, 5) is 10.4. The van der Waals surface area contributed by atoms with E-state index in [0.717, 1.165) is 6.07 Å². The van der Waals surface area contributed by atoms with Gasteiger partial charge in [-0.1, -0.05) is 0 Å². The van der Waals surface area contributed by atoms with E-state index in [1.807, 2.05) is 0 Å². The molecule has 100 valence electrons. The zero-order chi connectivity index (χ0) is 13.9. The van der Waals surface area contributed by atoms with Crippen molar-refractivity contribution in [1.29, 1.82) is 0 Å². The molecule has 0 aliphatic rings. The molecule has 0 aromatic heterocycles. The van der Waals surface area contributed by atoms with Crippen molar-refractivity contribution in [3.8, 4) is 11.5 Å². The maximum atomic E-state index is 13.7. The van der Waals surface area contributed by atoms with Crippen LogP contribution in [0.25, 0.3) is 0 Å². The Morgan fingerprint density at radius 3 is 2.22 bits per heavy atom. The Bertz CT molecular complexity index is 458. The Hall–Kier alpha value is -1.85. The normalized spacial score (nSPS) is 11.2. The summed E-state index contributed by atoms with van der Waals surface area (Å²) in [6, 6.07) is 2.50. The van der Waals surface area contributed by atoms with Crippen LogP contribution in [0.2, 0.25) is 0 Å². The Kier molecular flexibility index (Phi) is 4.11. The quantitative estimate of drug-likeness (QED) is 0.884. The van der Waals surface area contributed by atoms with Crippen LogP contribution in [0.3, 0.4) is 0 Å². The molecular formula is C12H14F2O4. The van der Waals surface area contributed by atoms with Gasteiger partial charge in [0.2, 0.25) is 0 Å². The maximum absolute atomic E-state index is 13.7. The lowest BCUT2D eigenvalue weighted by Gasteiger charge is -2.19. The number of carboxylic acids is 1. The number of hydrogen-bond donors (Lipinski definition) is 1. The lowest BCUT2D eigenvalue weighted by molar-refractivity contribution is -0.145. The van der Waals surface area contributed by atoms with Gasteiger partial charge in [-0.2, -0.15) is 0 Å². The highest BCUT2D eigenvalue weighted by Crippen LogP contribution is 2.39. The fourth-order valence-corrected chi connectivity index (χ4v) is 1.66. The maximum Gasteiger partial charge on any atom is 0.309 e. The molecule has 0 saturated heterocycles. The van der Waals surface area contributed by atoms with E-state index < -0.39 is 18.3 Å². The molecule has 0 atom stereocenters. The first-order valence-electron chi connectivity index (χ1n) is 5.14. The van der Waals surface area contributed by atoms with Crippen LogP contribution in [0.5, 0.6) is 11.5 Å². The number of carboxylic acid groups (broad SMARTS) is 1. The van der Waals surface area contributed by atoms with Crippen molar-refractivity contribution in [1.82, 2.24) is 0 Å². The third-order valence-electron chi connectivity index (χ3n) is 2.50. The first kappa shape index (κ1) is 14.2. The molecule has 0 fully saturated rings. The van der Waals surface area contributed by atoms with Crippen LogP contribution in [0.4, 0.5) is 8.78 Å². The number of carbonyl (C=O) groups is 1. The summed E-state index contributed by atoms with van der Waals surface area (Å²) in [7, 11) is 2.72. The van der Waals surface area contributed by atoms with E-state index in [4.69, 9.17) is 14.6 Å². The molecule has 1 rings (SSSR count). The SMILES string of the molecule is COc1cc(C)c(C(F)(F)CC(=O)O)cc1OC. The average Bonchev–Trinajstić information content (AvgIpc) is 2.26. The average molecular weight is 260 g/mol. The molecule has 0 heterocycles. The third kappa shape index (κ3) is 2.88. The van der Waals surface area contributed by atoms with Crippen LogP contribution < -0.4 is 9.47 Å². The van der Waals surface area contributed by atoms with Crippen molar-refractivity contribution < 1.29 is 28.2 Å². The Labute approximate surface area is 103 Å². The van der Waals surface area contributed by atoms with Gasteiger partial charge in [-0.15, -0.1) is 0 Å². The lowest BCUT2D eigenvalue weighted by atomic mass is 9.99. The van der Waals surface area contributed by atoms with E-state index in [1.165, 1.54) is 27.2 Å². The number of aryl methyl sites for hydroxylation is 1. The Morgan fingerprint density at radius 1 is 1.28 bits per heavy atom. The molecule has 0 spiro atoms. The van der Waals surface area contributed by atoms with E-state index in [-0.39, 0.29) is 16.9 Å². The first-order chi connectivity index (χ1) is 8.31. The van der Waals surface area contributed by atoms with E-state index in [9.17, 15) is 13.6 Å². The number of hydrogen-bond acceptors (Lipinski definition) is 3. The lowest BCUT2D eigenvalue weighted by Crippen LogP contribution is -2.20. The van der Waals surface area contributed by atoms with Crippen LogP contribution >= 0.6 is 0 Å². The smallest absolute Gasteiger partial charge is 0.309 e. The van der Waals surface area contributed by atoms with Gasteiger partial charge in [0.15, 0.2) is 11.5 Å². The molecule has 1 aromatic rings. The van der Waals surface area contributed by atoms with Crippen molar-refractivity contribution >= 4 is 5.97 Å². The second kappa shape index (κ2) is 5.20. The summed E-state index contributed by atoms with van der Waals surface area (Å²) < 4.78 is 37.4. The van der Waals surface area contributed by atoms with E-state index in [1.54, 1.807) is 0 Å². The van der Waals surface area contributed by atoms with Crippen LogP contribution in [0.1, 0.15) is 17.5 Å². The van der Waals surface area contributed by atoms with Crippen molar-refractivity contribution in [3.63, 3.8) is 0 Å². The summed E-state index contributed by atoms with van der Waals surface area (Å²) in [5.41, 5.74) is -0.124. The fourth-order valence-electron chi connectivity index (χ4n) is 1.66. The zero-order valence-electron chi connectivity index (χ0n) is 10.3. The van der Waals surface area contributed by atoms with Crippen molar-refractivity contribution in [2.24, 2.45) is 0 Å². The molecule has 1 aromatic carbocycles. The van der Waals surface area contributed by atoms with Crippen LogP contribution in [-0.4, -0.2) is 25.3 Å². The van der Waals surface area contributed by atoms with Gasteiger partial charge < -0.3 is 14.6 Å². The molecule has 0 unspecified atom stereocenters. The minimum atomic E-state index is -3.45. The topological polar surface area (TPSA) is 55.8 Å². The third-order valence-corrected chi connectivity index (χ3v) is 2.50. The molecule has 1 N–H and O–H groups in total. The molecule has 0 amide bonds. The number of methoxy groups -OCH3 is 2. The van der Waals surface area contributed by atoms with Crippen molar-refractivity contribution in [3.05, 3.63) is 23.3 Å². The highest BCUT2D eigenvalue weighted by molar-refractivity contribution is 5.68. The minimum Gasteiger partial charge on any atom is -0.493 e. The number of aliphatic carboxylic acids is 1. The fraction of sp³-hybridized carbons (Fsp3) is 0.417. The number of halogens is 2. The van der Waals surface area contributed by atoms with Crippen molar-refractivity contribution in [2.75, 3.05) is 14.2 Å². The van der Waals surface area contributed by atoms with E-state index in [0.29, 0.717) is 5.75 Å². The number of ether oxygens (including phenoxy) is 2. The highest BCUT2D eigenvalue weighted by Gasteiger charge is 2.36. The van der Waals surface area contributed by atoms with Gasteiger partial charge in [0.25, 0.3) is 5.92 Å². The van der Waals surface area contributed by atoms with Gasteiger partial charge in [0.05, 0.1) is 14.2 Å². The molecule has 0 aliphatic heterocycles. The van der Waals surface area contributed by atoms with Crippen molar-refractivity contribution in [2.45, 2.75) is 19.3 Å². The predicted molar refractivity (Wildman–Crippen MR) is 60.4 cm³/mol. The molecule has 0 bridgehead atoms. The second-order valence-electron chi connectivity index (χ2n) is 3.80. The second-order valence-corrected chi connectivity index (χ2v) is 3.80. The molecule has 0 saturated carbocycles.